The summed E-state index contributed by atoms with van der Waals surface area (Å²) in [6, 6.07) is 3.34. The van der Waals surface area contributed by atoms with Gasteiger partial charge in [-0.2, -0.15) is 5.26 Å². The Labute approximate surface area is 87.2 Å². The molecule has 0 spiro atoms. The van der Waals surface area contributed by atoms with Crippen LogP contribution in [0.5, 0.6) is 0 Å². The molecular weight excluding hydrogens is 194 g/mol. The summed E-state index contributed by atoms with van der Waals surface area (Å²) < 4.78 is 2.53. The zero-order chi connectivity index (χ0) is 11.4. The Morgan fingerprint density at radius 1 is 1.53 bits per heavy atom. The highest BCUT2D eigenvalue weighted by Crippen LogP contribution is 1.92. The van der Waals surface area contributed by atoms with Crippen LogP contribution in [0.3, 0.4) is 0 Å². The van der Waals surface area contributed by atoms with Crippen molar-refractivity contribution in [3.8, 4) is 6.07 Å². The summed E-state index contributed by atoms with van der Waals surface area (Å²) in [7, 11) is 0. The van der Waals surface area contributed by atoms with Crippen LogP contribution in [0.25, 0.3) is 0 Å². The Balaban J connectivity index is 3.23. The van der Waals surface area contributed by atoms with Crippen molar-refractivity contribution in [3.05, 3.63) is 33.1 Å². The van der Waals surface area contributed by atoms with Gasteiger partial charge in [-0.25, -0.2) is 4.79 Å². The van der Waals surface area contributed by atoms with Crippen molar-refractivity contribution in [2.24, 2.45) is 5.92 Å². The number of nitrogens with zero attached hydrogens (tertiary/aromatic N) is 3. The smallest absolute Gasteiger partial charge is 0.301 e. The Morgan fingerprint density at radius 3 is 2.73 bits per heavy atom. The van der Waals surface area contributed by atoms with Gasteiger partial charge in [0.05, 0.1) is 12.0 Å². The highest BCUT2D eigenvalue weighted by atomic mass is 16.2. The minimum absolute atomic E-state index is 0.148. The van der Waals surface area contributed by atoms with Gasteiger partial charge < -0.3 is 4.57 Å². The molecule has 1 unspecified atom stereocenters. The minimum Gasteiger partial charge on any atom is -0.301 e. The number of nitriles is 1. The second-order valence-corrected chi connectivity index (χ2v) is 3.36. The number of hydrogen-bond donors (Lipinski definition) is 0. The van der Waals surface area contributed by atoms with E-state index in [0.717, 1.165) is 4.57 Å². The lowest BCUT2D eigenvalue weighted by molar-refractivity contribution is 0.508. The predicted molar refractivity (Wildman–Crippen MR) is 55.4 cm³/mol. The van der Waals surface area contributed by atoms with Crippen LogP contribution in [0.1, 0.15) is 13.8 Å². The molecule has 1 atom stereocenters. The molecule has 0 radical (unpaired) electrons. The lowest BCUT2D eigenvalue weighted by Crippen LogP contribution is -2.39. The van der Waals surface area contributed by atoms with Gasteiger partial charge in [-0.3, -0.25) is 9.36 Å². The molecule has 0 aliphatic carbocycles. The quantitative estimate of drug-likeness (QED) is 0.710. The highest BCUT2D eigenvalue weighted by molar-refractivity contribution is 4.88. The fourth-order valence-electron chi connectivity index (χ4n) is 1.28. The van der Waals surface area contributed by atoms with Gasteiger partial charge in [0.2, 0.25) is 0 Å². The first-order valence-corrected chi connectivity index (χ1v) is 4.80. The molecule has 0 aromatic carbocycles. The van der Waals surface area contributed by atoms with Crippen molar-refractivity contribution in [2.75, 3.05) is 0 Å². The number of aromatic nitrogens is 2. The van der Waals surface area contributed by atoms with Crippen molar-refractivity contribution < 1.29 is 0 Å². The van der Waals surface area contributed by atoms with Crippen molar-refractivity contribution in [1.82, 2.24) is 9.13 Å². The average molecular weight is 207 g/mol. The van der Waals surface area contributed by atoms with Crippen molar-refractivity contribution in [3.63, 3.8) is 0 Å². The predicted octanol–water partition coefficient (Wildman–Crippen LogP) is 0.190. The van der Waals surface area contributed by atoms with Crippen LogP contribution in [0.4, 0.5) is 0 Å². The zero-order valence-electron chi connectivity index (χ0n) is 8.80. The van der Waals surface area contributed by atoms with Crippen LogP contribution < -0.4 is 11.2 Å². The van der Waals surface area contributed by atoms with Crippen LogP contribution >= 0.6 is 0 Å². The summed E-state index contributed by atoms with van der Waals surface area (Å²) in [4.78, 5) is 23.1. The molecule has 1 heterocycles. The third-order valence-corrected chi connectivity index (χ3v) is 2.16. The summed E-state index contributed by atoms with van der Waals surface area (Å²) in [5.41, 5.74) is -0.709. The average Bonchev–Trinajstić information content (AvgIpc) is 2.24. The standard InChI is InChI=1S/C10H13N3O2/c1-3-12-5-4-9(14)13(10(12)15)7-8(2)6-11/h4-5,8H,3,7H2,1-2H3. The maximum absolute atomic E-state index is 11.7. The second kappa shape index (κ2) is 4.60. The summed E-state index contributed by atoms with van der Waals surface area (Å²) in [5, 5.41) is 8.63. The molecule has 0 aliphatic heterocycles. The van der Waals surface area contributed by atoms with E-state index in [0.29, 0.717) is 6.54 Å². The van der Waals surface area contributed by atoms with E-state index in [1.54, 1.807) is 6.92 Å². The molecule has 1 aromatic rings. The summed E-state index contributed by atoms with van der Waals surface area (Å²) in [5.74, 6) is -0.344. The Kier molecular flexibility index (Phi) is 3.45. The van der Waals surface area contributed by atoms with Crippen LogP contribution in [0.2, 0.25) is 0 Å². The van der Waals surface area contributed by atoms with Gasteiger partial charge in [0.15, 0.2) is 0 Å². The van der Waals surface area contributed by atoms with Gasteiger partial charge in [0.25, 0.3) is 5.56 Å². The molecule has 80 valence electrons. The third-order valence-electron chi connectivity index (χ3n) is 2.16. The lowest BCUT2D eigenvalue weighted by Gasteiger charge is -2.08. The Bertz CT molecular complexity index is 493. The molecule has 0 fully saturated rings. The van der Waals surface area contributed by atoms with Gasteiger partial charge in [-0.05, 0) is 13.8 Å². The van der Waals surface area contributed by atoms with Crippen LogP contribution in [-0.4, -0.2) is 9.13 Å². The summed E-state index contributed by atoms with van der Waals surface area (Å²) in [6.07, 6.45) is 1.47. The minimum atomic E-state index is -0.355. The maximum Gasteiger partial charge on any atom is 0.330 e. The number of aryl methyl sites for hydroxylation is 1. The monoisotopic (exact) mass is 207 g/mol. The van der Waals surface area contributed by atoms with E-state index in [1.807, 2.05) is 13.0 Å². The molecule has 5 heteroatoms. The summed E-state index contributed by atoms with van der Waals surface area (Å²) >= 11 is 0. The normalized spacial score (nSPS) is 12.1. The fraction of sp³-hybridized carbons (Fsp3) is 0.500. The summed E-state index contributed by atoms with van der Waals surface area (Å²) in [6.45, 7) is 4.16. The van der Waals surface area contributed by atoms with E-state index in [9.17, 15) is 9.59 Å². The first-order chi connectivity index (χ1) is 7.10. The van der Waals surface area contributed by atoms with Gasteiger partial charge in [0.1, 0.15) is 0 Å². The van der Waals surface area contributed by atoms with E-state index in [1.165, 1.54) is 16.8 Å². The molecule has 0 bridgehead atoms. The molecule has 0 saturated heterocycles. The SMILES string of the molecule is CCn1ccc(=O)n(CC(C)C#N)c1=O. The second-order valence-electron chi connectivity index (χ2n) is 3.36. The topological polar surface area (TPSA) is 67.8 Å². The van der Waals surface area contributed by atoms with Gasteiger partial charge in [0, 0.05) is 25.4 Å². The van der Waals surface area contributed by atoms with Gasteiger partial charge in [-0.15, -0.1) is 0 Å². The Morgan fingerprint density at radius 2 is 2.20 bits per heavy atom. The molecule has 1 rings (SSSR count). The van der Waals surface area contributed by atoms with E-state index >= 15 is 0 Å². The fourth-order valence-corrected chi connectivity index (χ4v) is 1.28. The molecule has 1 aromatic heterocycles. The van der Waals surface area contributed by atoms with E-state index < -0.39 is 0 Å². The molecule has 15 heavy (non-hydrogen) atoms. The largest absolute Gasteiger partial charge is 0.330 e. The van der Waals surface area contributed by atoms with Crippen LogP contribution in [0, 0.1) is 17.2 Å². The molecular formula is C10H13N3O2. The van der Waals surface area contributed by atoms with Crippen LogP contribution in [0.15, 0.2) is 21.9 Å². The first-order valence-electron chi connectivity index (χ1n) is 4.80. The van der Waals surface area contributed by atoms with E-state index in [2.05, 4.69) is 0 Å². The molecule has 0 aliphatic rings. The Hall–Kier alpha value is -1.83. The third kappa shape index (κ3) is 2.34. The number of hydrogen-bond acceptors (Lipinski definition) is 3. The van der Waals surface area contributed by atoms with Crippen molar-refractivity contribution in [2.45, 2.75) is 26.9 Å². The molecule has 0 amide bonds. The van der Waals surface area contributed by atoms with Gasteiger partial charge >= 0.3 is 5.69 Å². The zero-order valence-corrected chi connectivity index (χ0v) is 8.80. The van der Waals surface area contributed by atoms with Crippen molar-refractivity contribution >= 4 is 0 Å². The molecule has 5 nitrogen and oxygen atoms in total. The molecule has 0 N–H and O–H groups in total. The van der Waals surface area contributed by atoms with Crippen molar-refractivity contribution in [1.29, 1.82) is 5.26 Å². The van der Waals surface area contributed by atoms with E-state index in [4.69, 9.17) is 5.26 Å². The van der Waals surface area contributed by atoms with Gasteiger partial charge in [-0.1, -0.05) is 0 Å². The number of rotatable bonds is 3. The van der Waals surface area contributed by atoms with E-state index in [-0.39, 0.29) is 23.7 Å². The molecule has 0 saturated carbocycles. The maximum atomic E-state index is 11.7. The lowest BCUT2D eigenvalue weighted by atomic mass is 10.2. The van der Waals surface area contributed by atoms with Crippen LogP contribution in [-0.2, 0) is 13.1 Å². The first kappa shape index (κ1) is 11.2. The highest BCUT2D eigenvalue weighted by Gasteiger charge is 2.07.